The van der Waals surface area contributed by atoms with E-state index in [9.17, 15) is 14.4 Å². The SMILES string of the molecule is Cc1c(C#N)c(F)cc2nc(CCCC(=O)CC(C)(C)C)n(C3CCC3)c12. The summed E-state index contributed by atoms with van der Waals surface area (Å²) in [6, 6.07) is 3.73. The second kappa shape index (κ2) is 7.42. The molecule has 1 saturated carbocycles. The predicted molar refractivity (Wildman–Crippen MR) is 104 cm³/mol. The first-order chi connectivity index (χ1) is 12.7. The Morgan fingerprint density at radius 2 is 2.11 bits per heavy atom. The summed E-state index contributed by atoms with van der Waals surface area (Å²) in [5.41, 5.74) is 2.29. The Labute approximate surface area is 160 Å². The van der Waals surface area contributed by atoms with Gasteiger partial charge >= 0.3 is 0 Å². The first kappa shape index (κ1) is 19.5. The molecule has 0 spiro atoms. The van der Waals surface area contributed by atoms with Gasteiger partial charge in [-0.25, -0.2) is 9.37 Å². The minimum Gasteiger partial charge on any atom is -0.325 e. The normalized spacial score (nSPS) is 15.0. The number of aromatic nitrogens is 2. The smallest absolute Gasteiger partial charge is 0.143 e. The van der Waals surface area contributed by atoms with E-state index in [0.29, 0.717) is 36.4 Å². The number of nitriles is 1. The standard InChI is InChI=1S/C22H28FN3O/c1-14-17(13-24)18(23)11-19-21(14)26(15-7-5-8-15)20(25-19)10-6-9-16(27)12-22(2,3)4/h11,15H,5-10,12H2,1-4H3. The highest BCUT2D eigenvalue weighted by Gasteiger charge is 2.27. The van der Waals surface area contributed by atoms with Crippen LogP contribution in [0.1, 0.15) is 82.3 Å². The monoisotopic (exact) mass is 369 g/mol. The molecule has 5 heteroatoms. The predicted octanol–water partition coefficient (Wildman–Crippen LogP) is 5.41. The third kappa shape index (κ3) is 4.05. The number of nitrogens with zero attached hydrogens (tertiary/aromatic N) is 3. The van der Waals surface area contributed by atoms with E-state index in [2.05, 4.69) is 30.3 Å². The molecule has 0 bridgehead atoms. The lowest BCUT2D eigenvalue weighted by Crippen LogP contribution is -2.20. The molecule has 1 aliphatic carbocycles. The van der Waals surface area contributed by atoms with E-state index in [1.807, 2.05) is 6.07 Å². The van der Waals surface area contributed by atoms with Crippen molar-refractivity contribution in [2.75, 3.05) is 0 Å². The van der Waals surface area contributed by atoms with Crippen molar-refractivity contribution in [2.24, 2.45) is 5.41 Å². The zero-order chi connectivity index (χ0) is 19.8. The maximum Gasteiger partial charge on any atom is 0.143 e. The van der Waals surface area contributed by atoms with Crippen LogP contribution in [0.2, 0.25) is 0 Å². The first-order valence-electron chi connectivity index (χ1n) is 9.83. The molecule has 1 aliphatic rings. The molecule has 27 heavy (non-hydrogen) atoms. The van der Waals surface area contributed by atoms with Gasteiger partial charge in [0, 0.05) is 31.4 Å². The number of hydrogen-bond donors (Lipinski definition) is 0. The van der Waals surface area contributed by atoms with Gasteiger partial charge in [0.2, 0.25) is 0 Å². The highest BCUT2D eigenvalue weighted by molar-refractivity contribution is 5.82. The Hall–Kier alpha value is -2.22. The van der Waals surface area contributed by atoms with Crippen molar-refractivity contribution in [1.29, 1.82) is 5.26 Å². The fourth-order valence-corrected chi connectivity index (χ4v) is 3.94. The Bertz CT molecular complexity index is 910. The number of Topliss-reactive ketones (excluding diaryl/α,β-unsaturated/α-hetero) is 1. The topological polar surface area (TPSA) is 58.7 Å². The van der Waals surface area contributed by atoms with E-state index in [-0.39, 0.29) is 16.8 Å². The van der Waals surface area contributed by atoms with Crippen LogP contribution in [-0.2, 0) is 11.2 Å². The zero-order valence-corrected chi connectivity index (χ0v) is 16.7. The number of rotatable bonds is 6. The van der Waals surface area contributed by atoms with Crippen LogP contribution in [0, 0.1) is 29.5 Å². The summed E-state index contributed by atoms with van der Waals surface area (Å²) in [6.45, 7) is 8.03. The average molecular weight is 369 g/mol. The Kier molecular flexibility index (Phi) is 5.37. The van der Waals surface area contributed by atoms with Crippen molar-refractivity contribution < 1.29 is 9.18 Å². The minimum atomic E-state index is -0.507. The number of carbonyl (C=O) groups is 1. The molecule has 1 fully saturated rings. The summed E-state index contributed by atoms with van der Waals surface area (Å²) >= 11 is 0. The first-order valence-corrected chi connectivity index (χ1v) is 9.83. The van der Waals surface area contributed by atoms with Crippen LogP contribution in [0.3, 0.4) is 0 Å². The summed E-state index contributed by atoms with van der Waals surface area (Å²) in [5, 5.41) is 9.30. The molecule has 144 valence electrons. The summed E-state index contributed by atoms with van der Waals surface area (Å²) in [6.07, 6.45) is 5.92. The van der Waals surface area contributed by atoms with Gasteiger partial charge in [0.25, 0.3) is 0 Å². The molecule has 0 amide bonds. The Morgan fingerprint density at radius 3 is 2.67 bits per heavy atom. The molecule has 1 heterocycles. The number of aryl methyl sites for hydroxylation is 2. The van der Waals surface area contributed by atoms with Gasteiger partial charge in [-0.1, -0.05) is 20.8 Å². The van der Waals surface area contributed by atoms with Gasteiger partial charge in [0.05, 0.1) is 16.6 Å². The molecule has 0 radical (unpaired) electrons. The summed E-state index contributed by atoms with van der Waals surface area (Å²) in [5.74, 6) is 0.686. The van der Waals surface area contributed by atoms with Gasteiger partial charge in [0.15, 0.2) is 0 Å². The van der Waals surface area contributed by atoms with E-state index in [4.69, 9.17) is 0 Å². The third-order valence-corrected chi connectivity index (χ3v) is 5.38. The van der Waals surface area contributed by atoms with E-state index < -0.39 is 5.82 Å². The van der Waals surface area contributed by atoms with Gasteiger partial charge in [-0.05, 0) is 43.6 Å². The van der Waals surface area contributed by atoms with Crippen LogP contribution in [0.15, 0.2) is 6.07 Å². The molecular weight excluding hydrogens is 341 g/mol. The number of fused-ring (bicyclic) bond motifs is 1. The molecule has 1 aromatic carbocycles. The van der Waals surface area contributed by atoms with Crippen molar-refractivity contribution in [1.82, 2.24) is 9.55 Å². The lowest BCUT2D eigenvalue weighted by molar-refractivity contribution is -0.120. The Balaban J connectivity index is 1.88. The molecule has 0 saturated heterocycles. The fourth-order valence-electron chi connectivity index (χ4n) is 3.94. The lowest BCUT2D eigenvalue weighted by atomic mass is 9.88. The molecule has 1 aromatic heterocycles. The highest BCUT2D eigenvalue weighted by atomic mass is 19.1. The lowest BCUT2D eigenvalue weighted by Gasteiger charge is -2.29. The molecule has 0 aliphatic heterocycles. The van der Waals surface area contributed by atoms with E-state index in [0.717, 1.165) is 30.6 Å². The third-order valence-electron chi connectivity index (χ3n) is 5.38. The molecule has 0 unspecified atom stereocenters. The summed E-state index contributed by atoms with van der Waals surface area (Å²) in [4.78, 5) is 16.9. The highest BCUT2D eigenvalue weighted by Crippen LogP contribution is 2.38. The molecule has 3 rings (SSSR count). The second-order valence-electron chi connectivity index (χ2n) is 8.95. The van der Waals surface area contributed by atoms with E-state index >= 15 is 0 Å². The number of carbonyl (C=O) groups excluding carboxylic acids is 1. The van der Waals surface area contributed by atoms with Crippen LogP contribution in [0.5, 0.6) is 0 Å². The van der Waals surface area contributed by atoms with Crippen molar-refractivity contribution in [3.05, 3.63) is 28.8 Å². The van der Waals surface area contributed by atoms with Crippen molar-refractivity contribution in [3.8, 4) is 6.07 Å². The molecule has 0 N–H and O–H groups in total. The van der Waals surface area contributed by atoms with Crippen LogP contribution in [0.4, 0.5) is 4.39 Å². The molecule has 0 atom stereocenters. The number of halogens is 1. The van der Waals surface area contributed by atoms with Gasteiger partial charge < -0.3 is 4.57 Å². The van der Waals surface area contributed by atoms with E-state index in [1.165, 1.54) is 12.5 Å². The van der Waals surface area contributed by atoms with Crippen molar-refractivity contribution in [2.45, 2.75) is 78.7 Å². The largest absolute Gasteiger partial charge is 0.325 e. The van der Waals surface area contributed by atoms with Gasteiger partial charge in [-0.2, -0.15) is 5.26 Å². The molecular formula is C22H28FN3O. The summed E-state index contributed by atoms with van der Waals surface area (Å²) < 4.78 is 16.4. The number of benzene rings is 1. The molecule has 4 nitrogen and oxygen atoms in total. The van der Waals surface area contributed by atoms with Gasteiger partial charge in [0.1, 0.15) is 23.5 Å². The zero-order valence-electron chi connectivity index (χ0n) is 16.7. The van der Waals surface area contributed by atoms with Gasteiger partial charge in [-0.15, -0.1) is 0 Å². The second-order valence-corrected chi connectivity index (χ2v) is 8.95. The molecule has 2 aromatic rings. The average Bonchev–Trinajstić information content (AvgIpc) is 2.82. The fraction of sp³-hybridized carbons (Fsp3) is 0.591. The van der Waals surface area contributed by atoms with Crippen LogP contribution in [-0.4, -0.2) is 15.3 Å². The number of hydrogen-bond acceptors (Lipinski definition) is 3. The summed E-state index contributed by atoms with van der Waals surface area (Å²) in [7, 11) is 0. The minimum absolute atomic E-state index is 0.0124. The van der Waals surface area contributed by atoms with Crippen LogP contribution in [0.25, 0.3) is 11.0 Å². The maximum absolute atomic E-state index is 14.2. The number of imidazole rings is 1. The Morgan fingerprint density at radius 1 is 1.41 bits per heavy atom. The quantitative estimate of drug-likeness (QED) is 0.684. The maximum atomic E-state index is 14.2. The van der Waals surface area contributed by atoms with Crippen LogP contribution >= 0.6 is 0 Å². The number of ketones is 1. The van der Waals surface area contributed by atoms with Crippen LogP contribution < -0.4 is 0 Å². The van der Waals surface area contributed by atoms with E-state index in [1.54, 1.807) is 6.92 Å². The van der Waals surface area contributed by atoms with Crippen molar-refractivity contribution in [3.63, 3.8) is 0 Å². The van der Waals surface area contributed by atoms with Gasteiger partial charge in [-0.3, -0.25) is 4.79 Å². The van der Waals surface area contributed by atoms with Crippen molar-refractivity contribution >= 4 is 16.8 Å².